The van der Waals surface area contributed by atoms with Crippen molar-refractivity contribution in [2.24, 2.45) is 0 Å². The third-order valence-corrected chi connectivity index (χ3v) is 4.65. The SMILES string of the molecule is Cc1sc(C(=O)NCc2ccc(Br)cc2Cl)cc1[N+](=O)[O-]. The lowest BCUT2D eigenvalue weighted by Crippen LogP contribution is -2.21. The molecule has 2 rings (SSSR count). The van der Waals surface area contributed by atoms with Crippen LogP contribution in [0.25, 0.3) is 0 Å². The second kappa shape index (κ2) is 6.55. The molecule has 0 atom stereocenters. The van der Waals surface area contributed by atoms with E-state index in [-0.39, 0.29) is 18.1 Å². The quantitative estimate of drug-likeness (QED) is 0.625. The van der Waals surface area contributed by atoms with Crippen molar-refractivity contribution in [1.82, 2.24) is 5.32 Å². The summed E-state index contributed by atoms with van der Waals surface area (Å²) in [6, 6.07) is 6.66. The fourth-order valence-electron chi connectivity index (χ4n) is 1.69. The van der Waals surface area contributed by atoms with Crippen molar-refractivity contribution < 1.29 is 9.72 Å². The maximum Gasteiger partial charge on any atom is 0.283 e. The number of halogens is 2. The molecule has 1 amide bonds. The van der Waals surface area contributed by atoms with Crippen LogP contribution in [0.5, 0.6) is 0 Å². The van der Waals surface area contributed by atoms with Gasteiger partial charge in [0, 0.05) is 22.1 Å². The first-order valence-corrected chi connectivity index (χ1v) is 7.84. The number of nitrogens with zero attached hydrogens (tertiary/aromatic N) is 1. The number of carbonyl (C=O) groups excluding carboxylic acids is 1. The smallest absolute Gasteiger partial charge is 0.283 e. The van der Waals surface area contributed by atoms with Gasteiger partial charge in [0.15, 0.2) is 0 Å². The highest BCUT2D eigenvalue weighted by Gasteiger charge is 2.19. The third kappa shape index (κ3) is 3.81. The molecule has 0 aliphatic carbocycles. The van der Waals surface area contributed by atoms with Crippen LogP contribution >= 0.6 is 38.9 Å². The number of carbonyl (C=O) groups is 1. The number of nitro groups is 1. The van der Waals surface area contributed by atoms with E-state index >= 15 is 0 Å². The van der Waals surface area contributed by atoms with Gasteiger partial charge in [-0.2, -0.15) is 0 Å². The summed E-state index contributed by atoms with van der Waals surface area (Å²) in [6.07, 6.45) is 0. The molecule has 0 aliphatic heterocycles. The second-order valence-electron chi connectivity index (χ2n) is 4.23. The first kappa shape index (κ1) is 15.9. The van der Waals surface area contributed by atoms with Crippen LogP contribution in [-0.4, -0.2) is 10.8 Å². The molecule has 21 heavy (non-hydrogen) atoms. The fourth-order valence-corrected chi connectivity index (χ4v) is 3.34. The van der Waals surface area contributed by atoms with Crippen molar-refractivity contribution in [3.8, 4) is 0 Å². The van der Waals surface area contributed by atoms with Crippen LogP contribution in [-0.2, 0) is 6.54 Å². The molecular formula is C13H10BrClN2O3S. The summed E-state index contributed by atoms with van der Waals surface area (Å²) in [6.45, 7) is 1.88. The highest BCUT2D eigenvalue weighted by molar-refractivity contribution is 9.10. The van der Waals surface area contributed by atoms with E-state index in [4.69, 9.17) is 11.6 Å². The Hall–Kier alpha value is -1.44. The summed E-state index contributed by atoms with van der Waals surface area (Å²) in [5, 5.41) is 14.0. The largest absolute Gasteiger partial charge is 0.347 e. The Morgan fingerprint density at radius 1 is 1.48 bits per heavy atom. The average Bonchev–Trinajstić information content (AvgIpc) is 2.80. The van der Waals surface area contributed by atoms with E-state index in [9.17, 15) is 14.9 Å². The number of aryl methyl sites for hydroxylation is 1. The predicted molar refractivity (Wildman–Crippen MR) is 86.0 cm³/mol. The van der Waals surface area contributed by atoms with Crippen molar-refractivity contribution in [2.45, 2.75) is 13.5 Å². The van der Waals surface area contributed by atoms with Crippen LogP contribution in [0.15, 0.2) is 28.7 Å². The molecule has 0 fully saturated rings. The lowest BCUT2D eigenvalue weighted by atomic mass is 10.2. The Labute approximate surface area is 138 Å². The summed E-state index contributed by atoms with van der Waals surface area (Å²) in [7, 11) is 0. The Balaban J connectivity index is 2.08. The second-order valence-corrected chi connectivity index (χ2v) is 6.81. The van der Waals surface area contributed by atoms with Gasteiger partial charge in [0.2, 0.25) is 0 Å². The van der Waals surface area contributed by atoms with Crippen molar-refractivity contribution in [2.75, 3.05) is 0 Å². The highest BCUT2D eigenvalue weighted by atomic mass is 79.9. The van der Waals surface area contributed by atoms with E-state index in [0.717, 1.165) is 21.4 Å². The number of nitrogens with one attached hydrogen (secondary N) is 1. The third-order valence-electron chi connectivity index (χ3n) is 2.77. The van der Waals surface area contributed by atoms with Gasteiger partial charge in [0.05, 0.1) is 14.7 Å². The molecule has 0 aliphatic rings. The van der Waals surface area contributed by atoms with Crippen LogP contribution in [0.2, 0.25) is 5.02 Å². The number of rotatable bonds is 4. The monoisotopic (exact) mass is 388 g/mol. The van der Waals surface area contributed by atoms with Gasteiger partial charge in [-0.15, -0.1) is 11.3 Å². The molecule has 1 heterocycles. The number of thiophene rings is 1. The summed E-state index contributed by atoms with van der Waals surface area (Å²) >= 11 is 10.5. The average molecular weight is 390 g/mol. The van der Waals surface area contributed by atoms with E-state index < -0.39 is 4.92 Å². The number of hydrogen-bond donors (Lipinski definition) is 1. The molecule has 0 saturated carbocycles. The lowest BCUT2D eigenvalue weighted by molar-refractivity contribution is -0.385. The van der Waals surface area contributed by atoms with E-state index in [1.807, 2.05) is 6.07 Å². The zero-order valence-corrected chi connectivity index (χ0v) is 14.0. The maximum absolute atomic E-state index is 12.0. The van der Waals surface area contributed by atoms with Gasteiger partial charge in [-0.25, -0.2) is 0 Å². The molecule has 110 valence electrons. The van der Waals surface area contributed by atoms with Crippen LogP contribution in [0, 0.1) is 17.0 Å². The highest BCUT2D eigenvalue weighted by Crippen LogP contribution is 2.28. The van der Waals surface area contributed by atoms with Gasteiger partial charge >= 0.3 is 0 Å². The normalized spacial score (nSPS) is 10.4. The first-order valence-electron chi connectivity index (χ1n) is 5.85. The predicted octanol–water partition coefficient (Wildman–Crippen LogP) is 4.31. The molecule has 0 radical (unpaired) electrons. The van der Waals surface area contributed by atoms with Gasteiger partial charge in [-0.1, -0.05) is 33.6 Å². The molecule has 2 aromatic rings. The molecule has 0 unspecified atom stereocenters. The summed E-state index contributed by atoms with van der Waals surface area (Å²) < 4.78 is 0.854. The Kier molecular flexibility index (Phi) is 4.97. The minimum Gasteiger partial charge on any atom is -0.347 e. The van der Waals surface area contributed by atoms with Gasteiger partial charge in [0.25, 0.3) is 11.6 Å². The minimum absolute atomic E-state index is 0.0353. The number of amides is 1. The van der Waals surface area contributed by atoms with Gasteiger partial charge in [-0.05, 0) is 24.6 Å². The van der Waals surface area contributed by atoms with Gasteiger partial charge in [-0.3, -0.25) is 14.9 Å². The van der Waals surface area contributed by atoms with Crippen molar-refractivity contribution in [3.63, 3.8) is 0 Å². The molecule has 0 saturated heterocycles. The topological polar surface area (TPSA) is 72.2 Å². The summed E-state index contributed by atoms with van der Waals surface area (Å²) in [5.41, 5.74) is 0.739. The van der Waals surface area contributed by atoms with Gasteiger partial charge < -0.3 is 5.32 Å². The minimum atomic E-state index is -0.492. The molecule has 1 N–H and O–H groups in total. The zero-order chi connectivity index (χ0) is 15.6. The lowest BCUT2D eigenvalue weighted by Gasteiger charge is -2.06. The van der Waals surface area contributed by atoms with Crippen molar-refractivity contribution in [1.29, 1.82) is 0 Å². The molecular weight excluding hydrogens is 380 g/mol. The maximum atomic E-state index is 12.0. The molecule has 5 nitrogen and oxygen atoms in total. The molecule has 8 heteroatoms. The number of benzene rings is 1. The molecule has 1 aromatic carbocycles. The molecule has 1 aromatic heterocycles. The number of hydrogen-bond acceptors (Lipinski definition) is 4. The fraction of sp³-hybridized carbons (Fsp3) is 0.154. The van der Waals surface area contributed by atoms with Crippen LogP contribution in [0.4, 0.5) is 5.69 Å². The van der Waals surface area contributed by atoms with E-state index in [2.05, 4.69) is 21.2 Å². The summed E-state index contributed by atoms with van der Waals surface area (Å²) in [4.78, 5) is 23.1. The van der Waals surface area contributed by atoms with Crippen molar-refractivity contribution in [3.05, 3.63) is 59.2 Å². The van der Waals surface area contributed by atoms with Crippen LogP contribution in [0.3, 0.4) is 0 Å². The first-order chi connectivity index (χ1) is 9.88. The zero-order valence-electron chi connectivity index (χ0n) is 10.9. The van der Waals surface area contributed by atoms with Gasteiger partial charge in [0.1, 0.15) is 0 Å². The molecule has 0 spiro atoms. The van der Waals surface area contributed by atoms with Crippen molar-refractivity contribution >= 4 is 50.5 Å². The van der Waals surface area contributed by atoms with E-state index in [0.29, 0.717) is 14.8 Å². The Bertz CT molecular complexity index is 717. The van der Waals surface area contributed by atoms with E-state index in [1.54, 1.807) is 19.1 Å². The standard InChI is InChI=1S/C13H10BrClN2O3S/c1-7-11(17(19)20)5-12(21-7)13(18)16-6-8-2-3-9(14)4-10(8)15/h2-5H,6H2,1H3,(H,16,18). The molecule has 0 bridgehead atoms. The van der Waals surface area contributed by atoms with E-state index in [1.165, 1.54) is 6.07 Å². The van der Waals surface area contributed by atoms with Crippen LogP contribution in [0.1, 0.15) is 20.1 Å². The Morgan fingerprint density at radius 3 is 2.76 bits per heavy atom. The summed E-state index contributed by atoms with van der Waals surface area (Å²) in [5.74, 6) is -0.352. The van der Waals surface area contributed by atoms with Crippen LogP contribution < -0.4 is 5.32 Å². The Morgan fingerprint density at radius 2 is 2.19 bits per heavy atom.